The summed E-state index contributed by atoms with van der Waals surface area (Å²) in [5.74, 6) is 0.430. The second kappa shape index (κ2) is 10.7. The van der Waals surface area contributed by atoms with Crippen molar-refractivity contribution in [1.82, 2.24) is 39.8 Å². The Balaban J connectivity index is 0.00000280. The van der Waals surface area contributed by atoms with Gasteiger partial charge in [0.2, 0.25) is 0 Å². The maximum absolute atomic E-state index is 4.85. The molecule has 5 aromatic rings. The van der Waals surface area contributed by atoms with E-state index < -0.39 is 0 Å². The Labute approximate surface area is 222 Å². The molecule has 0 N–H and O–H groups in total. The maximum atomic E-state index is 4.85. The van der Waals surface area contributed by atoms with Crippen molar-refractivity contribution < 1.29 is 16.9 Å². The topological polar surface area (TPSA) is 79.2 Å². The number of nitrogens with zero attached hydrogens (tertiary/aromatic N) is 9. The van der Waals surface area contributed by atoms with Crippen LogP contribution in [0.1, 0.15) is 35.8 Å². The summed E-state index contributed by atoms with van der Waals surface area (Å²) >= 11 is 0. The van der Waals surface area contributed by atoms with Gasteiger partial charge >= 0.3 is 0 Å². The molecule has 190 valence electrons. The molecule has 9 nitrogen and oxygen atoms in total. The van der Waals surface area contributed by atoms with Crippen molar-refractivity contribution in [3.63, 3.8) is 0 Å². The normalized spacial score (nSPS) is 16.8. The van der Waals surface area contributed by atoms with Gasteiger partial charge in [0.05, 0.1) is 42.8 Å². The molecule has 1 aliphatic heterocycles. The fourth-order valence-electron chi connectivity index (χ4n) is 5.49. The Hall–Kier alpha value is -3.82. The van der Waals surface area contributed by atoms with E-state index in [-0.39, 0.29) is 12.4 Å². The summed E-state index contributed by atoms with van der Waals surface area (Å²) in [6, 6.07) is 22.3. The molecule has 1 unspecified atom stereocenters. The van der Waals surface area contributed by atoms with Crippen LogP contribution in [0.25, 0.3) is 11.4 Å². The minimum atomic E-state index is 0. The van der Waals surface area contributed by atoms with E-state index in [2.05, 4.69) is 21.4 Å². The van der Waals surface area contributed by atoms with E-state index in [9.17, 15) is 0 Å². The second-order valence-electron chi connectivity index (χ2n) is 9.70. The summed E-state index contributed by atoms with van der Waals surface area (Å²) in [6.07, 6.45) is 8.00. The van der Waals surface area contributed by atoms with E-state index in [1.807, 2.05) is 91.0 Å². The highest BCUT2D eigenvalue weighted by Crippen LogP contribution is 2.34. The minimum absolute atomic E-state index is 0. The van der Waals surface area contributed by atoms with E-state index in [1.165, 1.54) is 5.69 Å². The van der Waals surface area contributed by atoms with Gasteiger partial charge in [0.15, 0.2) is 0 Å². The zero-order chi connectivity index (χ0) is 24.4. The smallest absolute Gasteiger partial charge is 0.137 e. The van der Waals surface area contributed by atoms with Crippen LogP contribution in [0.4, 0.5) is 0 Å². The van der Waals surface area contributed by atoms with E-state index in [4.69, 9.17) is 10.2 Å². The van der Waals surface area contributed by atoms with Gasteiger partial charge in [-0.1, -0.05) is 36.4 Å². The average Bonchev–Trinajstić information content (AvgIpc) is 3.67. The number of benzene rings is 2. The number of aromatic nitrogens is 8. The third kappa shape index (κ3) is 5.33. The molecule has 3 aromatic heterocycles. The van der Waals surface area contributed by atoms with Gasteiger partial charge in [-0.3, -0.25) is 4.68 Å². The highest BCUT2D eigenvalue weighted by atomic mass is 35.5. The molecule has 0 aliphatic carbocycles. The highest BCUT2D eigenvalue weighted by Gasteiger charge is 2.38. The molecule has 6 rings (SSSR count). The number of hydrogen-bond donors (Lipinski definition) is 0. The first-order valence-corrected chi connectivity index (χ1v) is 12.4. The van der Waals surface area contributed by atoms with E-state index in [0.29, 0.717) is 5.92 Å². The lowest BCUT2D eigenvalue weighted by Crippen LogP contribution is -3.00. The van der Waals surface area contributed by atoms with Crippen molar-refractivity contribution in [3.05, 3.63) is 102 Å². The average molecular weight is 516 g/mol. The van der Waals surface area contributed by atoms with Crippen LogP contribution in [0.5, 0.6) is 0 Å². The first-order valence-electron chi connectivity index (χ1n) is 12.4. The number of rotatable bonds is 7. The molecule has 0 spiro atoms. The zero-order valence-electron chi connectivity index (χ0n) is 20.8. The third-order valence-electron chi connectivity index (χ3n) is 7.12. The van der Waals surface area contributed by atoms with Crippen molar-refractivity contribution in [2.45, 2.75) is 31.8 Å². The summed E-state index contributed by atoms with van der Waals surface area (Å²) < 4.78 is 2.87. The molecular formula is C27H30ClN9. The van der Waals surface area contributed by atoms with Crippen molar-refractivity contribution in [2.24, 2.45) is 7.05 Å². The number of quaternary nitrogens is 1. The van der Waals surface area contributed by atoms with Crippen molar-refractivity contribution in [3.8, 4) is 11.4 Å². The molecule has 1 aliphatic rings. The lowest BCUT2D eigenvalue weighted by molar-refractivity contribution is -0.959. The molecule has 0 saturated carbocycles. The van der Waals surface area contributed by atoms with Crippen LogP contribution in [0.3, 0.4) is 0 Å². The summed E-state index contributed by atoms with van der Waals surface area (Å²) in [4.78, 5) is 3.44. The molecule has 1 saturated heterocycles. The van der Waals surface area contributed by atoms with Gasteiger partial charge in [-0.2, -0.15) is 24.9 Å². The molecule has 0 amide bonds. The molecule has 0 bridgehead atoms. The van der Waals surface area contributed by atoms with E-state index in [1.54, 1.807) is 9.59 Å². The van der Waals surface area contributed by atoms with Crippen LogP contribution in [-0.2, 0) is 20.1 Å². The van der Waals surface area contributed by atoms with Crippen molar-refractivity contribution in [1.29, 1.82) is 0 Å². The SMILES string of the molecule is Cn1nccc1C1CCC[N+](Cc2cnn(-c3ccccc3)n2)(Cc2cnn(-c3ccccc3)n2)C1.[Cl-]. The van der Waals surface area contributed by atoms with Gasteiger partial charge in [0, 0.05) is 18.9 Å². The number of piperidine rings is 1. The molecule has 2 aromatic carbocycles. The summed E-state index contributed by atoms with van der Waals surface area (Å²) in [5, 5.41) is 23.3. The largest absolute Gasteiger partial charge is 1.00 e. The highest BCUT2D eigenvalue weighted by molar-refractivity contribution is 5.29. The standard InChI is InChI=1S/C27H30N9.ClH/c1-33-27(14-15-28-33)22-9-8-16-36(19-22,20-23-17-29-34(31-23)25-10-4-2-5-11-25)21-24-18-30-35(32-24)26-12-6-3-7-13-26;/h2-7,10-15,17-18,22H,8-9,16,19-21H2,1H3;1H/q+1;/p-1. The first-order chi connectivity index (χ1) is 17.7. The lowest BCUT2D eigenvalue weighted by atomic mass is 9.92. The minimum Gasteiger partial charge on any atom is -1.00 e. The Morgan fingerprint density at radius 1 is 0.784 bits per heavy atom. The summed E-state index contributed by atoms with van der Waals surface area (Å²) in [7, 11) is 2.04. The first kappa shape index (κ1) is 24.9. The van der Waals surface area contributed by atoms with Crippen LogP contribution in [0.15, 0.2) is 85.3 Å². The van der Waals surface area contributed by atoms with Gasteiger partial charge in [-0.25, -0.2) is 0 Å². The van der Waals surface area contributed by atoms with Gasteiger partial charge in [0.1, 0.15) is 24.5 Å². The molecule has 4 heterocycles. The van der Waals surface area contributed by atoms with E-state index >= 15 is 0 Å². The van der Waals surface area contributed by atoms with Gasteiger partial charge in [0.25, 0.3) is 0 Å². The molecule has 10 heteroatoms. The number of aryl methyl sites for hydroxylation is 1. The summed E-state index contributed by atoms with van der Waals surface area (Å²) in [6.45, 7) is 3.64. The quantitative estimate of drug-likeness (QED) is 0.298. The fourth-order valence-corrected chi connectivity index (χ4v) is 5.49. The molecule has 0 radical (unpaired) electrons. The molecular weight excluding hydrogens is 486 g/mol. The van der Waals surface area contributed by atoms with Crippen molar-refractivity contribution in [2.75, 3.05) is 13.1 Å². The summed E-state index contributed by atoms with van der Waals surface area (Å²) in [5.41, 5.74) is 5.19. The predicted octanol–water partition coefficient (Wildman–Crippen LogP) is 0.680. The van der Waals surface area contributed by atoms with Crippen molar-refractivity contribution >= 4 is 0 Å². The monoisotopic (exact) mass is 515 g/mol. The zero-order valence-corrected chi connectivity index (χ0v) is 21.6. The van der Waals surface area contributed by atoms with Crippen LogP contribution >= 0.6 is 0 Å². The third-order valence-corrected chi connectivity index (χ3v) is 7.12. The number of hydrogen-bond acceptors (Lipinski definition) is 5. The fraction of sp³-hybridized carbons (Fsp3) is 0.296. The maximum Gasteiger partial charge on any atom is 0.137 e. The second-order valence-corrected chi connectivity index (χ2v) is 9.70. The molecule has 1 fully saturated rings. The Bertz CT molecular complexity index is 1340. The predicted molar refractivity (Wildman–Crippen MR) is 135 cm³/mol. The van der Waals surface area contributed by atoms with E-state index in [0.717, 1.165) is 66.3 Å². The van der Waals surface area contributed by atoms with Crippen LogP contribution in [0.2, 0.25) is 0 Å². The Morgan fingerprint density at radius 2 is 1.35 bits per heavy atom. The Morgan fingerprint density at radius 3 is 1.86 bits per heavy atom. The van der Waals surface area contributed by atoms with Gasteiger partial charge < -0.3 is 16.9 Å². The van der Waals surface area contributed by atoms with Crippen LogP contribution in [-0.4, -0.2) is 57.3 Å². The Kier molecular flexibility index (Phi) is 7.16. The van der Waals surface area contributed by atoms with Gasteiger partial charge in [-0.05, 0) is 43.2 Å². The number of para-hydroxylation sites is 2. The number of likely N-dealkylation sites (tertiary alicyclic amines) is 1. The number of halogens is 1. The lowest BCUT2D eigenvalue weighted by Gasteiger charge is -2.43. The molecule has 37 heavy (non-hydrogen) atoms. The van der Waals surface area contributed by atoms with Crippen LogP contribution < -0.4 is 12.4 Å². The molecule has 1 atom stereocenters. The van der Waals surface area contributed by atoms with Crippen LogP contribution in [0, 0.1) is 0 Å². The van der Waals surface area contributed by atoms with Gasteiger partial charge in [-0.15, -0.1) is 10.2 Å².